The fraction of sp³-hybridized carbons (Fsp3) is 0.391. The van der Waals surface area contributed by atoms with Gasteiger partial charge in [-0.2, -0.15) is 0 Å². The summed E-state index contributed by atoms with van der Waals surface area (Å²) < 4.78 is 5.08. The van der Waals surface area contributed by atoms with E-state index < -0.39 is 23.4 Å². The molecule has 8 heteroatoms. The number of aryl methyl sites for hydroxylation is 2. The van der Waals surface area contributed by atoms with E-state index >= 15 is 0 Å². The number of nitrogens with zero attached hydrogens (tertiary/aromatic N) is 2. The zero-order valence-corrected chi connectivity index (χ0v) is 18.0. The zero-order valence-electron chi connectivity index (χ0n) is 18.0. The molecule has 0 saturated carbocycles. The molecule has 0 bridgehead atoms. The summed E-state index contributed by atoms with van der Waals surface area (Å²) >= 11 is 0. The fourth-order valence-electron chi connectivity index (χ4n) is 3.74. The molecule has 1 aliphatic heterocycles. The van der Waals surface area contributed by atoms with Gasteiger partial charge in [0.05, 0.1) is 10.5 Å². The Hall–Kier alpha value is -3.42. The van der Waals surface area contributed by atoms with Crippen molar-refractivity contribution in [1.82, 2.24) is 0 Å². The predicted octanol–water partition coefficient (Wildman–Crippen LogP) is 4.24. The van der Waals surface area contributed by atoms with E-state index in [0.717, 1.165) is 37.1 Å². The summed E-state index contributed by atoms with van der Waals surface area (Å²) in [5, 5.41) is 14.3. The second-order valence-corrected chi connectivity index (χ2v) is 8.10. The topological polar surface area (TPSA) is 102 Å². The van der Waals surface area contributed by atoms with Gasteiger partial charge in [-0.1, -0.05) is 19.1 Å². The number of benzene rings is 2. The van der Waals surface area contributed by atoms with Crippen LogP contribution in [0.1, 0.15) is 41.3 Å². The van der Waals surface area contributed by atoms with Crippen LogP contribution in [-0.2, 0) is 9.53 Å². The van der Waals surface area contributed by atoms with Crippen molar-refractivity contribution >= 4 is 28.9 Å². The van der Waals surface area contributed by atoms with Crippen LogP contribution in [0.2, 0.25) is 0 Å². The van der Waals surface area contributed by atoms with Crippen LogP contribution >= 0.6 is 0 Å². The monoisotopic (exact) mass is 425 g/mol. The van der Waals surface area contributed by atoms with Gasteiger partial charge in [0.2, 0.25) is 0 Å². The van der Waals surface area contributed by atoms with Crippen molar-refractivity contribution in [1.29, 1.82) is 0 Å². The van der Waals surface area contributed by atoms with Crippen molar-refractivity contribution in [2.45, 2.75) is 33.6 Å². The average Bonchev–Trinajstić information content (AvgIpc) is 2.74. The molecule has 1 N–H and O–H groups in total. The largest absolute Gasteiger partial charge is 0.452 e. The molecule has 1 aliphatic rings. The average molecular weight is 425 g/mol. The molecule has 0 spiro atoms. The molecule has 0 radical (unpaired) electrons. The number of piperidine rings is 1. The first-order valence-electron chi connectivity index (χ1n) is 10.3. The molecule has 0 aliphatic carbocycles. The summed E-state index contributed by atoms with van der Waals surface area (Å²) in [6.45, 7) is 6.90. The quantitative estimate of drug-likeness (QED) is 0.422. The minimum absolute atomic E-state index is 0.0417. The molecule has 164 valence electrons. The lowest BCUT2D eigenvalue weighted by Crippen LogP contribution is -2.34. The molecule has 8 nitrogen and oxygen atoms in total. The number of hydrogen-bond donors (Lipinski definition) is 1. The van der Waals surface area contributed by atoms with Crippen LogP contribution in [0.4, 0.5) is 17.1 Å². The van der Waals surface area contributed by atoms with Gasteiger partial charge in [0, 0.05) is 24.8 Å². The number of nitrogens with one attached hydrogen (secondary N) is 1. The minimum Gasteiger partial charge on any atom is -0.452 e. The van der Waals surface area contributed by atoms with Crippen LogP contribution < -0.4 is 10.2 Å². The first-order chi connectivity index (χ1) is 14.7. The zero-order chi connectivity index (χ0) is 22.5. The molecule has 1 amide bonds. The maximum Gasteiger partial charge on any atom is 0.338 e. The maximum atomic E-state index is 12.4. The van der Waals surface area contributed by atoms with Crippen molar-refractivity contribution in [2.24, 2.45) is 5.92 Å². The van der Waals surface area contributed by atoms with Crippen LogP contribution in [0.5, 0.6) is 0 Å². The van der Waals surface area contributed by atoms with Crippen LogP contribution in [-0.4, -0.2) is 36.5 Å². The molecule has 2 aromatic carbocycles. The summed E-state index contributed by atoms with van der Waals surface area (Å²) in [5.41, 5.74) is 2.94. The van der Waals surface area contributed by atoms with Gasteiger partial charge in [-0.3, -0.25) is 14.9 Å². The predicted molar refractivity (Wildman–Crippen MR) is 119 cm³/mol. The van der Waals surface area contributed by atoms with Crippen molar-refractivity contribution in [3.63, 3.8) is 0 Å². The summed E-state index contributed by atoms with van der Waals surface area (Å²) in [6.07, 6.45) is 2.07. The van der Waals surface area contributed by atoms with Crippen LogP contribution in [0.3, 0.4) is 0 Å². The minimum atomic E-state index is -0.780. The smallest absolute Gasteiger partial charge is 0.338 e. The lowest BCUT2D eigenvalue weighted by atomic mass is 9.99. The van der Waals surface area contributed by atoms with Crippen LogP contribution in [0.15, 0.2) is 36.4 Å². The van der Waals surface area contributed by atoms with Gasteiger partial charge in [-0.25, -0.2) is 4.79 Å². The highest BCUT2D eigenvalue weighted by Crippen LogP contribution is 2.32. The normalized spacial score (nSPS) is 16.0. The number of carbonyl (C=O) groups excluding carboxylic acids is 2. The molecule has 0 unspecified atom stereocenters. The van der Waals surface area contributed by atoms with Crippen molar-refractivity contribution in [3.05, 3.63) is 63.2 Å². The van der Waals surface area contributed by atoms with Gasteiger partial charge in [0.1, 0.15) is 5.69 Å². The third kappa shape index (κ3) is 5.59. The van der Waals surface area contributed by atoms with Gasteiger partial charge in [-0.05, 0) is 61.9 Å². The molecule has 1 saturated heterocycles. The van der Waals surface area contributed by atoms with E-state index in [-0.39, 0.29) is 11.3 Å². The first-order valence-corrected chi connectivity index (χ1v) is 10.3. The van der Waals surface area contributed by atoms with E-state index in [9.17, 15) is 19.7 Å². The number of rotatable bonds is 6. The lowest BCUT2D eigenvalue weighted by molar-refractivity contribution is -0.384. The number of nitro benzene ring substituents is 1. The number of amides is 1. The molecule has 1 atom stereocenters. The molecule has 31 heavy (non-hydrogen) atoms. The number of esters is 1. The van der Waals surface area contributed by atoms with Crippen molar-refractivity contribution in [2.75, 3.05) is 29.9 Å². The van der Waals surface area contributed by atoms with E-state index in [1.165, 1.54) is 12.1 Å². The summed E-state index contributed by atoms with van der Waals surface area (Å²) in [4.78, 5) is 37.7. The highest BCUT2D eigenvalue weighted by atomic mass is 16.6. The first kappa shape index (κ1) is 22.3. The summed E-state index contributed by atoms with van der Waals surface area (Å²) in [6, 6.07) is 9.97. The highest BCUT2D eigenvalue weighted by molar-refractivity contribution is 5.96. The van der Waals surface area contributed by atoms with Gasteiger partial charge < -0.3 is 15.0 Å². The van der Waals surface area contributed by atoms with E-state index in [1.807, 2.05) is 36.9 Å². The third-order valence-corrected chi connectivity index (χ3v) is 5.41. The second kappa shape index (κ2) is 9.59. The molecule has 1 fully saturated rings. The van der Waals surface area contributed by atoms with Gasteiger partial charge in [0.15, 0.2) is 6.61 Å². The van der Waals surface area contributed by atoms with Gasteiger partial charge in [-0.15, -0.1) is 0 Å². The van der Waals surface area contributed by atoms with E-state index in [0.29, 0.717) is 17.3 Å². The fourth-order valence-corrected chi connectivity index (χ4v) is 3.74. The Morgan fingerprint density at radius 2 is 2.00 bits per heavy atom. The summed E-state index contributed by atoms with van der Waals surface area (Å²) in [5.74, 6) is -0.804. The second-order valence-electron chi connectivity index (χ2n) is 8.10. The Labute approximate surface area is 181 Å². The Balaban J connectivity index is 1.67. The van der Waals surface area contributed by atoms with Crippen LogP contribution in [0.25, 0.3) is 0 Å². The summed E-state index contributed by atoms with van der Waals surface area (Å²) in [7, 11) is 0. The Morgan fingerprint density at radius 1 is 1.23 bits per heavy atom. The Morgan fingerprint density at radius 3 is 2.71 bits per heavy atom. The van der Waals surface area contributed by atoms with E-state index in [2.05, 4.69) is 12.2 Å². The number of anilines is 2. The molecule has 0 aromatic heterocycles. The SMILES string of the molecule is Cc1ccc(C)c(NC(=O)COC(=O)c2ccc(N3CCC[C@@H](C)C3)c([N+](=O)[O-])c2)c1. The highest BCUT2D eigenvalue weighted by Gasteiger charge is 2.25. The number of hydrogen-bond acceptors (Lipinski definition) is 6. The maximum absolute atomic E-state index is 12.4. The number of carbonyl (C=O) groups is 2. The lowest BCUT2D eigenvalue weighted by Gasteiger charge is -2.32. The Bertz CT molecular complexity index is 1000. The van der Waals surface area contributed by atoms with E-state index in [1.54, 1.807) is 6.07 Å². The van der Waals surface area contributed by atoms with Crippen LogP contribution in [0, 0.1) is 29.9 Å². The standard InChI is InChI=1S/C23H27N3O5/c1-15-6-7-17(3)19(11-15)24-22(27)14-31-23(28)18-8-9-20(21(12-18)26(29)30)25-10-4-5-16(2)13-25/h6-9,11-12,16H,4-5,10,13-14H2,1-3H3,(H,24,27)/t16-/m1/s1. The molecular formula is C23H27N3O5. The molecular weight excluding hydrogens is 398 g/mol. The Kier molecular flexibility index (Phi) is 6.89. The van der Waals surface area contributed by atoms with Crippen molar-refractivity contribution < 1.29 is 19.2 Å². The van der Waals surface area contributed by atoms with Gasteiger partial charge in [0.25, 0.3) is 11.6 Å². The van der Waals surface area contributed by atoms with Crippen molar-refractivity contribution in [3.8, 4) is 0 Å². The van der Waals surface area contributed by atoms with E-state index in [4.69, 9.17) is 4.74 Å². The number of nitro groups is 1. The third-order valence-electron chi connectivity index (χ3n) is 5.41. The van der Waals surface area contributed by atoms with Gasteiger partial charge >= 0.3 is 5.97 Å². The number of ether oxygens (including phenoxy) is 1. The molecule has 3 rings (SSSR count). The molecule has 2 aromatic rings. The molecule has 1 heterocycles.